The number of benzene rings is 1. The van der Waals surface area contributed by atoms with Crippen LogP contribution in [0.5, 0.6) is 5.75 Å². The van der Waals surface area contributed by atoms with E-state index in [1.165, 1.54) is 0 Å². The average molecular weight is 225 g/mol. The van der Waals surface area contributed by atoms with Crippen LogP contribution in [0.2, 0.25) is 5.22 Å². The third-order valence-electron chi connectivity index (χ3n) is 2.19. The number of aldehydes is 1. The fourth-order valence-electron chi connectivity index (χ4n) is 1.52. The predicted octanol–water partition coefficient (Wildman–Crippen LogP) is 2.84. The lowest BCUT2D eigenvalue weighted by Gasteiger charge is -2.05. The summed E-state index contributed by atoms with van der Waals surface area (Å²) in [7, 11) is 1.57. The van der Waals surface area contributed by atoms with Crippen molar-refractivity contribution in [3.05, 3.63) is 29.0 Å². The van der Waals surface area contributed by atoms with Crippen molar-refractivity contribution in [1.82, 2.24) is 0 Å². The molecule has 2 rings (SSSR count). The van der Waals surface area contributed by atoms with Crippen LogP contribution in [0.3, 0.4) is 0 Å². The van der Waals surface area contributed by atoms with Gasteiger partial charge in [0, 0.05) is 23.4 Å². The molecule has 0 aliphatic rings. The van der Waals surface area contributed by atoms with Crippen LogP contribution in [0.1, 0.15) is 5.56 Å². The highest BCUT2D eigenvalue weighted by Crippen LogP contribution is 2.30. The molecule has 0 atom stereocenters. The third-order valence-corrected chi connectivity index (χ3v) is 2.38. The number of ether oxygens (including phenoxy) is 1. The molecule has 3 nitrogen and oxygen atoms in total. The molecule has 0 radical (unpaired) electrons. The van der Waals surface area contributed by atoms with Crippen molar-refractivity contribution in [2.24, 2.45) is 0 Å². The van der Waals surface area contributed by atoms with Crippen molar-refractivity contribution in [1.29, 1.82) is 0 Å². The van der Waals surface area contributed by atoms with Gasteiger partial charge in [-0.3, -0.25) is 0 Å². The molecule has 0 fully saturated rings. The van der Waals surface area contributed by atoms with Crippen LogP contribution in [0.25, 0.3) is 11.0 Å². The zero-order valence-corrected chi connectivity index (χ0v) is 8.88. The van der Waals surface area contributed by atoms with Crippen molar-refractivity contribution in [3.63, 3.8) is 0 Å². The van der Waals surface area contributed by atoms with Crippen LogP contribution in [-0.4, -0.2) is 13.4 Å². The Morgan fingerprint density at radius 1 is 1.47 bits per heavy atom. The van der Waals surface area contributed by atoms with E-state index in [9.17, 15) is 4.79 Å². The monoisotopic (exact) mass is 224 g/mol. The van der Waals surface area contributed by atoms with E-state index in [4.69, 9.17) is 20.8 Å². The van der Waals surface area contributed by atoms with Crippen LogP contribution >= 0.6 is 11.6 Å². The molecule has 0 spiro atoms. The molecule has 1 aromatic heterocycles. The fourth-order valence-corrected chi connectivity index (χ4v) is 1.72. The zero-order valence-electron chi connectivity index (χ0n) is 8.12. The van der Waals surface area contributed by atoms with E-state index in [0.717, 1.165) is 17.2 Å². The molecule has 78 valence electrons. The van der Waals surface area contributed by atoms with Crippen LogP contribution in [-0.2, 0) is 11.2 Å². The van der Waals surface area contributed by atoms with Gasteiger partial charge in [0.1, 0.15) is 17.6 Å². The summed E-state index contributed by atoms with van der Waals surface area (Å²) in [5, 5.41) is 1.20. The van der Waals surface area contributed by atoms with Gasteiger partial charge in [0.05, 0.1) is 7.11 Å². The molecule has 15 heavy (non-hydrogen) atoms. The molecule has 0 N–H and O–H groups in total. The maximum atomic E-state index is 10.5. The largest absolute Gasteiger partial charge is 0.496 e. The minimum Gasteiger partial charge on any atom is -0.496 e. The first-order valence-corrected chi connectivity index (χ1v) is 4.82. The first-order valence-electron chi connectivity index (χ1n) is 4.44. The minimum atomic E-state index is 0.303. The van der Waals surface area contributed by atoms with Crippen molar-refractivity contribution in [2.45, 2.75) is 6.42 Å². The second-order valence-corrected chi connectivity index (χ2v) is 3.50. The summed E-state index contributed by atoms with van der Waals surface area (Å²) in [6.07, 6.45) is 1.13. The predicted molar refractivity (Wildman–Crippen MR) is 57.5 cm³/mol. The standard InChI is InChI=1S/C11H9ClO3/c1-14-9-5-8-6-11(12)15-10(8)4-7(9)2-3-13/h3-6H,2H2,1H3. The summed E-state index contributed by atoms with van der Waals surface area (Å²) >= 11 is 5.73. The van der Waals surface area contributed by atoms with E-state index in [1.54, 1.807) is 19.2 Å². The lowest BCUT2D eigenvalue weighted by molar-refractivity contribution is -0.107. The highest BCUT2D eigenvalue weighted by Gasteiger charge is 2.08. The molecule has 1 aromatic carbocycles. The molecule has 2 aromatic rings. The van der Waals surface area contributed by atoms with Crippen LogP contribution in [0.15, 0.2) is 22.6 Å². The van der Waals surface area contributed by atoms with Crippen LogP contribution in [0, 0.1) is 0 Å². The summed E-state index contributed by atoms with van der Waals surface area (Å²) in [5.74, 6) is 0.673. The zero-order chi connectivity index (χ0) is 10.8. The minimum absolute atomic E-state index is 0.303. The number of carbonyl (C=O) groups excluding carboxylic acids is 1. The lowest BCUT2D eigenvalue weighted by Crippen LogP contribution is -1.92. The smallest absolute Gasteiger partial charge is 0.194 e. The van der Waals surface area contributed by atoms with E-state index in [0.29, 0.717) is 23.0 Å². The molecule has 0 aliphatic heterocycles. The molecule has 0 amide bonds. The number of halogens is 1. The molecule has 0 bridgehead atoms. The number of methoxy groups -OCH3 is 1. The second-order valence-electron chi connectivity index (χ2n) is 3.12. The molecule has 0 saturated carbocycles. The fraction of sp³-hybridized carbons (Fsp3) is 0.182. The third kappa shape index (κ3) is 1.83. The topological polar surface area (TPSA) is 39.4 Å². The second kappa shape index (κ2) is 3.95. The van der Waals surface area contributed by atoms with E-state index in [2.05, 4.69) is 0 Å². The average Bonchev–Trinajstić information content (AvgIpc) is 2.56. The molecule has 0 unspecified atom stereocenters. The quantitative estimate of drug-likeness (QED) is 0.753. The van der Waals surface area contributed by atoms with E-state index >= 15 is 0 Å². The van der Waals surface area contributed by atoms with Gasteiger partial charge in [-0.25, -0.2) is 0 Å². The van der Waals surface area contributed by atoms with Crippen molar-refractivity contribution in [3.8, 4) is 5.75 Å². The van der Waals surface area contributed by atoms with Crippen molar-refractivity contribution >= 4 is 28.9 Å². The highest BCUT2D eigenvalue weighted by molar-refractivity contribution is 6.29. The number of rotatable bonds is 3. The van der Waals surface area contributed by atoms with Gasteiger partial charge in [0.25, 0.3) is 0 Å². The number of fused-ring (bicyclic) bond motifs is 1. The van der Waals surface area contributed by atoms with Gasteiger partial charge in [-0.15, -0.1) is 0 Å². The van der Waals surface area contributed by atoms with E-state index < -0.39 is 0 Å². The molecule has 1 heterocycles. The number of furan rings is 1. The Morgan fingerprint density at radius 3 is 2.93 bits per heavy atom. The van der Waals surface area contributed by atoms with Crippen LogP contribution < -0.4 is 4.74 Å². The van der Waals surface area contributed by atoms with Gasteiger partial charge in [-0.1, -0.05) is 0 Å². The molecule has 0 saturated heterocycles. The molecule has 4 heteroatoms. The number of hydrogen-bond acceptors (Lipinski definition) is 3. The Labute approximate surface area is 91.6 Å². The Morgan fingerprint density at radius 2 is 2.27 bits per heavy atom. The summed E-state index contributed by atoms with van der Waals surface area (Å²) in [6.45, 7) is 0. The maximum Gasteiger partial charge on any atom is 0.194 e. The normalized spacial score (nSPS) is 10.5. The van der Waals surface area contributed by atoms with Crippen molar-refractivity contribution < 1.29 is 13.9 Å². The van der Waals surface area contributed by atoms with Gasteiger partial charge in [0.2, 0.25) is 0 Å². The SMILES string of the molecule is COc1cc2cc(Cl)oc2cc1CC=O. The first kappa shape index (κ1) is 10.1. The molecule has 0 aliphatic carbocycles. The summed E-state index contributed by atoms with van der Waals surface area (Å²) in [4.78, 5) is 10.5. The highest BCUT2D eigenvalue weighted by atomic mass is 35.5. The Bertz CT molecular complexity index is 502. The van der Waals surface area contributed by atoms with Gasteiger partial charge in [-0.2, -0.15) is 0 Å². The first-order chi connectivity index (χ1) is 7.24. The number of hydrogen-bond donors (Lipinski definition) is 0. The maximum absolute atomic E-state index is 10.5. The number of carbonyl (C=O) groups is 1. The van der Waals surface area contributed by atoms with E-state index in [1.807, 2.05) is 6.07 Å². The summed E-state index contributed by atoms with van der Waals surface area (Å²) in [6, 6.07) is 5.29. The van der Waals surface area contributed by atoms with Gasteiger partial charge >= 0.3 is 0 Å². The van der Waals surface area contributed by atoms with Crippen LogP contribution in [0.4, 0.5) is 0 Å². The van der Waals surface area contributed by atoms with Crippen molar-refractivity contribution in [2.75, 3.05) is 7.11 Å². The van der Waals surface area contributed by atoms with Gasteiger partial charge in [-0.05, 0) is 23.7 Å². The van der Waals surface area contributed by atoms with Gasteiger partial charge in [0.15, 0.2) is 5.22 Å². The Balaban J connectivity index is 2.62. The summed E-state index contributed by atoms with van der Waals surface area (Å²) < 4.78 is 10.4. The molecular formula is C11H9ClO3. The lowest BCUT2D eigenvalue weighted by atomic mass is 10.1. The molecular weight excluding hydrogens is 216 g/mol. The van der Waals surface area contributed by atoms with E-state index in [-0.39, 0.29) is 0 Å². The Hall–Kier alpha value is -1.48. The Kier molecular flexibility index (Phi) is 2.64. The van der Waals surface area contributed by atoms with Gasteiger partial charge < -0.3 is 13.9 Å². The summed E-state index contributed by atoms with van der Waals surface area (Å²) in [5.41, 5.74) is 1.46.